The second kappa shape index (κ2) is 3.84. The van der Waals surface area contributed by atoms with Gasteiger partial charge in [0.15, 0.2) is 0 Å². The minimum atomic E-state index is 0.101. The third-order valence-corrected chi connectivity index (χ3v) is 2.59. The lowest BCUT2D eigenvalue weighted by Gasteiger charge is -2.33. The molecule has 76 valence electrons. The van der Waals surface area contributed by atoms with Crippen molar-refractivity contribution in [2.75, 3.05) is 19.6 Å². The summed E-state index contributed by atoms with van der Waals surface area (Å²) in [7, 11) is 0. The first-order chi connectivity index (χ1) is 6.79. The lowest BCUT2D eigenvalue weighted by atomic mass is 10.2. The number of carbonyl (C=O) groups excluding carboxylic acids is 1. The predicted octanol–water partition coefficient (Wildman–Crippen LogP) is 0.449. The average Bonchev–Trinajstić information content (AvgIpc) is 2.70. The van der Waals surface area contributed by atoms with Crippen molar-refractivity contribution in [2.24, 2.45) is 0 Å². The topological polar surface area (TPSA) is 48.1 Å². The maximum Gasteiger partial charge on any atom is 0.270 e. The molecule has 1 aliphatic heterocycles. The molecule has 0 bridgehead atoms. The number of piperazine rings is 1. The van der Waals surface area contributed by atoms with Crippen LogP contribution in [0.5, 0.6) is 0 Å². The van der Waals surface area contributed by atoms with Crippen molar-refractivity contribution in [1.82, 2.24) is 15.2 Å². The number of aromatic nitrogens is 1. The Kier molecular flexibility index (Phi) is 2.54. The molecule has 0 saturated carbocycles. The lowest BCUT2D eigenvalue weighted by molar-refractivity contribution is 0.0650. The van der Waals surface area contributed by atoms with E-state index in [0.717, 1.165) is 19.6 Å². The summed E-state index contributed by atoms with van der Waals surface area (Å²) in [4.78, 5) is 16.8. The molecule has 1 saturated heterocycles. The monoisotopic (exact) mass is 193 g/mol. The molecular weight excluding hydrogens is 178 g/mol. The zero-order valence-electron chi connectivity index (χ0n) is 8.29. The smallest absolute Gasteiger partial charge is 0.270 e. The van der Waals surface area contributed by atoms with Gasteiger partial charge in [-0.2, -0.15) is 0 Å². The Bertz CT molecular complexity index is 307. The van der Waals surface area contributed by atoms with Crippen LogP contribution in [-0.4, -0.2) is 41.5 Å². The van der Waals surface area contributed by atoms with Crippen molar-refractivity contribution in [3.05, 3.63) is 24.0 Å². The molecule has 14 heavy (non-hydrogen) atoms. The number of hydrogen-bond donors (Lipinski definition) is 2. The highest BCUT2D eigenvalue weighted by atomic mass is 16.2. The van der Waals surface area contributed by atoms with Gasteiger partial charge in [0.2, 0.25) is 0 Å². The molecule has 0 aliphatic carbocycles. The molecule has 0 spiro atoms. The van der Waals surface area contributed by atoms with E-state index < -0.39 is 0 Å². The Morgan fingerprint density at radius 2 is 2.50 bits per heavy atom. The summed E-state index contributed by atoms with van der Waals surface area (Å²) in [5.41, 5.74) is 0.679. The Labute approximate surface area is 83.3 Å². The van der Waals surface area contributed by atoms with E-state index in [4.69, 9.17) is 0 Å². The van der Waals surface area contributed by atoms with Crippen LogP contribution >= 0.6 is 0 Å². The molecule has 0 radical (unpaired) electrons. The number of amides is 1. The van der Waals surface area contributed by atoms with Crippen molar-refractivity contribution >= 4 is 5.91 Å². The Morgan fingerprint density at radius 1 is 1.64 bits per heavy atom. The van der Waals surface area contributed by atoms with Gasteiger partial charge in [-0.05, 0) is 19.1 Å². The number of aromatic amines is 1. The fraction of sp³-hybridized carbons (Fsp3) is 0.500. The van der Waals surface area contributed by atoms with E-state index in [-0.39, 0.29) is 11.9 Å². The summed E-state index contributed by atoms with van der Waals surface area (Å²) in [6, 6.07) is 3.94. The second-order valence-corrected chi connectivity index (χ2v) is 3.64. The minimum Gasteiger partial charge on any atom is -0.357 e. The van der Waals surface area contributed by atoms with Crippen LogP contribution in [0.2, 0.25) is 0 Å². The van der Waals surface area contributed by atoms with Crippen molar-refractivity contribution < 1.29 is 4.79 Å². The molecule has 0 unspecified atom stereocenters. The highest BCUT2D eigenvalue weighted by molar-refractivity contribution is 5.92. The standard InChI is InChI=1S/C10H15N3O/c1-8-7-11-5-6-13(8)10(14)9-3-2-4-12-9/h2-4,8,11-12H,5-7H2,1H3/t8-/m0/s1. The molecule has 1 aromatic rings. The van der Waals surface area contributed by atoms with E-state index in [2.05, 4.69) is 17.2 Å². The van der Waals surface area contributed by atoms with Gasteiger partial charge in [-0.25, -0.2) is 0 Å². The van der Waals surface area contributed by atoms with Crippen molar-refractivity contribution in [1.29, 1.82) is 0 Å². The van der Waals surface area contributed by atoms with Gasteiger partial charge in [-0.1, -0.05) is 0 Å². The number of nitrogens with one attached hydrogen (secondary N) is 2. The SMILES string of the molecule is C[C@H]1CNCCN1C(=O)c1ccc[nH]1. The number of H-pyrrole nitrogens is 1. The first-order valence-corrected chi connectivity index (χ1v) is 4.94. The molecule has 0 aromatic carbocycles. The summed E-state index contributed by atoms with van der Waals surface area (Å²) in [5, 5.41) is 3.26. The van der Waals surface area contributed by atoms with Crippen molar-refractivity contribution in [2.45, 2.75) is 13.0 Å². The van der Waals surface area contributed by atoms with E-state index in [0.29, 0.717) is 5.69 Å². The van der Waals surface area contributed by atoms with Gasteiger partial charge in [0, 0.05) is 31.9 Å². The Balaban J connectivity index is 2.10. The first kappa shape index (κ1) is 9.27. The number of nitrogens with zero attached hydrogens (tertiary/aromatic N) is 1. The Morgan fingerprint density at radius 3 is 3.14 bits per heavy atom. The summed E-state index contributed by atoms with van der Waals surface area (Å²) < 4.78 is 0. The largest absolute Gasteiger partial charge is 0.357 e. The molecule has 1 fully saturated rings. The molecule has 1 aliphatic rings. The van der Waals surface area contributed by atoms with E-state index in [1.54, 1.807) is 6.20 Å². The maximum absolute atomic E-state index is 11.9. The van der Waals surface area contributed by atoms with Gasteiger partial charge < -0.3 is 15.2 Å². The van der Waals surface area contributed by atoms with E-state index in [9.17, 15) is 4.79 Å². The fourth-order valence-electron chi connectivity index (χ4n) is 1.76. The van der Waals surface area contributed by atoms with Crippen LogP contribution in [-0.2, 0) is 0 Å². The highest BCUT2D eigenvalue weighted by Crippen LogP contribution is 2.08. The van der Waals surface area contributed by atoms with E-state index in [1.807, 2.05) is 17.0 Å². The van der Waals surface area contributed by atoms with Crippen LogP contribution in [0, 0.1) is 0 Å². The van der Waals surface area contributed by atoms with Crippen LogP contribution in [0.15, 0.2) is 18.3 Å². The van der Waals surface area contributed by atoms with Crippen molar-refractivity contribution in [3.63, 3.8) is 0 Å². The van der Waals surface area contributed by atoms with Gasteiger partial charge in [0.1, 0.15) is 5.69 Å². The zero-order valence-corrected chi connectivity index (χ0v) is 8.29. The van der Waals surface area contributed by atoms with Crippen molar-refractivity contribution in [3.8, 4) is 0 Å². The minimum absolute atomic E-state index is 0.101. The van der Waals surface area contributed by atoms with Crippen LogP contribution in [0.4, 0.5) is 0 Å². The molecule has 1 amide bonds. The highest BCUT2D eigenvalue weighted by Gasteiger charge is 2.24. The quantitative estimate of drug-likeness (QED) is 0.680. The molecule has 1 aromatic heterocycles. The van der Waals surface area contributed by atoms with E-state index >= 15 is 0 Å². The van der Waals surface area contributed by atoms with Gasteiger partial charge in [-0.3, -0.25) is 4.79 Å². The third kappa shape index (κ3) is 1.65. The third-order valence-electron chi connectivity index (χ3n) is 2.59. The molecule has 1 atom stereocenters. The van der Waals surface area contributed by atoms with Crippen LogP contribution < -0.4 is 5.32 Å². The summed E-state index contributed by atoms with van der Waals surface area (Å²) in [5.74, 6) is 0.101. The second-order valence-electron chi connectivity index (χ2n) is 3.64. The molecular formula is C10H15N3O. The van der Waals surface area contributed by atoms with Crippen LogP contribution in [0.3, 0.4) is 0 Å². The van der Waals surface area contributed by atoms with E-state index in [1.165, 1.54) is 0 Å². The first-order valence-electron chi connectivity index (χ1n) is 4.94. The predicted molar refractivity (Wildman–Crippen MR) is 54.2 cm³/mol. The number of rotatable bonds is 1. The van der Waals surface area contributed by atoms with Gasteiger partial charge >= 0.3 is 0 Å². The molecule has 4 nitrogen and oxygen atoms in total. The van der Waals surface area contributed by atoms with Crippen LogP contribution in [0.1, 0.15) is 17.4 Å². The zero-order chi connectivity index (χ0) is 9.97. The van der Waals surface area contributed by atoms with Gasteiger partial charge in [0.25, 0.3) is 5.91 Å². The number of hydrogen-bond acceptors (Lipinski definition) is 2. The average molecular weight is 193 g/mol. The molecule has 2 N–H and O–H groups in total. The maximum atomic E-state index is 11.9. The lowest BCUT2D eigenvalue weighted by Crippen LogP contribution is -2.52. The summed E-state index contributed by atoms with van der Waals surface area (Å²) >= 11 is 0. The summed E-state index contributed by atoms with van der Waals surface area (Å²) in [6.07, 6.45) is 1.78. The summed E-state index contributed by atoms with van der Waals surface area (Å²) in [6.45, 7) is 4.62. The molecule has 4 heteroatoms. The van der Waals surface area contributed by atoms with Gasteiger partial charge in [-0.15, -0.1) is 0 Å². The van der Waals surface area contributed by atoms with Gasteiger partial charge in [0.05, 0.1) is 0 Å². The molecule has 2 rings (SSSR count). The fourth-order valence-corrected chi connectivity index (χ4v) is 1.76. The number of carbonyl (C=O) groups is 1. The molecule has 2 heterocycles. The van der Waals surface area contributed by atoms with Crippen LogP contribution in [0.25, 0.3) is 0 Å². The normalized spacial score (nSPS) is 22.4. The Hall–Kier alpha value is -1.29.